The maximum absolute atomic E-state index is 2.39. The molecule has 0 aliphatic heterocycles. The third kappa shape index (κ3) is 13.9. The van der Waals surface area contributed by atoms with Gasteiger partial charge in [-0.25, -0.2) is 24.3 Å². The second-order valence-electron chi connectivity index (χ2n) is 3.85. The van der Waals surface area contributed by atoms with Gasteiger partial charge in [-0.3, -0.25) is 0 Å². The Balaban J connectivity index is 0. The van der Waals surface area contributed by atoms with Crippen LogP contribution in [0.5, 0.6) is 0 Å². The summed E-state index contributed by atoms with van der Waals surface area (Å²) in [5.74, 6) is 0. The van der Waals surface area contributed by atoms with Gasteiger partial charge in [-0.1, -0.05) is 19.3 Å². The fraction of sp³-hybridized carbons (Fsp3) is 0.312. The van der Waals surface area contributed by atoms with Gasteiger partial charge in [-0.05, 0) is 0 Å². The standard InChI is InChI=1S/C6H11.2C5H5.ClH.Zr/c1-2-4-6-5-3-1;2*1-2-4-5-3-1;;/h1H,2-6H2;2*1-5H;1H;/q3*-1;;+4/p-1. The van der Waals surface area contributed by atoms with Gasteiger partial charge >= 0.3 is 26.2 Å². The summed E-state index contributed by atoms with van der Waals surface area (Å²) in [6.45, 7) is 0. The van der Waals surface area contributed by atoms with Crippen molar-refractivity contribution in [3.05, 3.63) is 67.1 Å². The Bertz CT molecular complexity index is 211. The smallest absolute Gasteiger partial charge is 1.00 e. The average Bonchev–Trinajstić information content (AvgIpc) is 3.10. The van der Waals surface area contributed by atoms with Gasteiger partial charge in [0.15, 0.2) is 0 Å². The van der Waals surface area contributed by atoms with Crippen molar-refractivity contribution < 1.29 is 38.6 Å². The first-order valence-corrected chi connectivity index (χ1v) is 6.15. The minimum absolute atomic E-state index is 0. The van der Waals surface area contributed by atoms with Crippen LogP contribution in [0.15, 0.2) is 60.7 Å². The quantitative estimate of drug-likeness (QED) is 0.644. The molecule has 0 bridgehead atoms. The van der Waals surface area contributed by atoms with Crippen LogP contribution < -0.4 is 12.4 Å². The Labute approximate surface area is 137 Å². The van der Waals surface area contributed by atoms with Crippen molar-refractivity contribution in [2.75, 3.05) is 0 Å². The molecule has 1 aliphatic carbocycles. The first-order chi connectivity index (χ1) is 8.00. The largest absolute Gasteiger partial charge is 4.00 e. The number of hydrogen-bond donors (Lipinski definition) is 0. The molecular weight excluding hydrogens is 319 g/mol. The van der Waals surface area contributed by atoms with Crippen LogP contribution in [-0.4, -0.2) is 0 Å². The molecule has 0 amide bonds. The molecule has 0 nitrogen and oxygen atoms in total. The van der Waals surface area contributed by atoms with E-state index in [1.54, 1.807) is 0 Å². The summed E-state index contributed by atoms with van der Waals surface area (Å²) in [6.07, 6.45) is 9.50. The summed E-state index contributed by atoms with van der Waals surface area (Å²) in [5, 5.41) is 0. The first kappa shape index (κ1) is 20.2. The molecule has 1 fully saturated rings. The maximum Gasteiger partial charge on any atom is 4.00 e. The van der Waals surface area contributed by atoms with E-state index in [1.165, 1.54) is 32.1 Å². The third-order valence-corrected chi connectivity index (χ3v) is 2.43. The summed E-state index contributed by atoms with van der Waals surface area (Å²) in [5.41, 5.74) is 0. The second kappa shape index (κ2) is 16.9. The SMILES string of the molecule is [CH-]1CCCCC1.[Cl-].[Zr+4].c1cc[cH-]c1.c1cc[cH-]c1. The maximum atomic E-state index is 2.39. The van der Waals surface area contributed by atoms with Crippen LogP contribution in [-0.2, 0) is 26.2 Å². The molecule has 3 rings (SSSR count). The van der Waals surface area contributed by atoms with Gasteiger partial charge in [-0.2, -0.15) is 49.2 Å². The molecule has 0 heterocycles. The zero-order valence-electron chi connectivity index (χ0n) is 10.8. The van der Waals surface area contributed by atoms with Crippen molar-refractivity contribution >= 4 is 0 Å². The molecule has 0 N–H and O–H groups in total. The molecule has 1 aliphatic rings. The fourth-order valence-electron chi connectivity index (χ4n) is 1.54. The molecule has 0 radical (unpaired) electrons. The predicted octanol–water partition coefficient (Wildman–Crippen LogP) is 1.97. The van der Waals surface area contributed by atoms with E-state index in [0.29, 0.717) is 0 Å². The zero-order valence-corrected chi connectivity index (χ0v) is 14.0. The van der Waals surface area contributed by atoms with E-state index in [9.17, 15) is 0 Å². The second-order valence-corrected chi connectivity index (χ2v) is 3.85. The van der Waals surface area contributed by atoms with Crippen molar-refractivity contribution in [2.45, 2.75) is 32.1 Å². The minimum atomic E-state index is 0. The predicted molar refractivity (Wildman–Crippen MR) is 71.5 cm³/mol. The molecule has 0 atom stereocenters. The number of rotatable bonds is 0. The molecule has 1 saturated carbocycles. The average molecular weight is 340 g/mol. The number of halogens is 1. The van der Waals surface area contributed by atoms with Gasteiger partial charge in [0, 0.05) is 0 Å². The fourth-order valence-corrected chi connectivity index (χ4v) is 1.54. The van der Waals surface area contributed by atoms with E-state index in [0.717, 1.165) is 0 Å². The summed E-state index contributed by atoms with van der Waals surface area (Å²) in [7, 11) is 0. The molecule has 0 spiro atoms. The van der Waals surface area contributed by atoms with E-state index in [-0.39, 0.29) is 38.6 Å². The Morgan fingerprint density at radius 2 is 1.00 bits per heavy atom. The van der Waals surface area contributed by atoms with E-state index in [2.05, 4.69) is 6.42 Å². The van der Waals surface area contributed by atoms with E-state index in [4.69, 9.17) is 0 Å². The molecule has 0 saturated heterocycles. The van der Waals surface area contributed by atoms with Gasteiger partial charge in [-0.15, -0.1) is 0 Å². The Morgan fingerprint density at radius 3 is 1.11 bits per heavy atom. The molecule has 2 heteroatoms. The Morgan fingerprint density at radius 1 is 0.611 bits per heavy atom. The van der Waals surface area contributed by atoms with Crippen molar-refractivity contribution in [3.63, 3.8) is 0 Å². The summed E-state index contributed by atoms with van der Waals surface area (Å²) >= 11 is 0. The summed E-state index contributed by atoms with van der Waals surface area (Å²) in [4.78, 5) is 0. The monoisotopic (exact) mass is 338 g/mol. The summed E-state index contributed by atoms with van der Waals surface area (Å²) < 4.78 is 0. The van der Waals surface area contributed by atoms with E-state index in [1.807, 2.05) is 60.7 Å². The van der Waals surface area contributed by atoms with Crippen LogP contribution in [0.3, 0.4) is 0 Å². The van der Waals surface area contributed by atoms with Gasteiger partial charge < -0.3 is 18.8 Å². The topological polar surface area (TPSA) is 0 Å². The third-order valence-electron chi connectivity index (χ3n) is 2.43. The van der Waals surface area contributed by atoms with Crippen LogP contribution in [0.25, 0.3) is 0 Å². The van der Waals surface area contributed by atoms with Gasteiger partial charge in [0.25, 0.3) is 0 Å². The minimum Gasteiger partial charge on any atom is -1.00 e. The van der Waals surface area contributed by atoms with Gasteiger partial charge in [0.05, 0.1) is 0 Å². The molecule has 0 unspecified atom stereocenters. The number of hydrogen-bond acceptors (Lipinski definition) is 0. The van der Waals surface area contributed by atoms with Crippen LogP contribution >= 0.6 is 0 Å². The van der Waals surface area contributed by atoms with Crippen molar-refractivity contribution in [1.29, 1.82) is 0 Å². The van der Waals surface area contributed by atoms with Crippen LogP contribution in [0, 0.1) is 6.42 Å². The molecule has 0 aromatic heterocycles. The Kier molecular flexibility index (Phi) is 18.9. The first-order valence-electron chi connectivity index (χ1n) is 6.15. The van der Waals surface area contributed by atoms with E-state index >= 15 is 0 Å². The van der Waals surface area contributed by atoms with Crippen molar-refractivity contribution in [1.82, 2.24) is 0 Å². The normalized spacial score (nSPS) is 12.4. The molecular formula is C16H21ClZr. The molecule has 2 aromatic rings. The molecule has 2 aromatic carbocycles. The van der Waals surface area contributed by atoms with Crippen LogP contribution in [0.1, 0.15) is 32.1 Å². The van der Waals surface area contributed by atoms with Crippen LogP contribution in [0.4, 0.5) is 0 Å². The van der Waals surface area contributed by atoms with Crippen molar-refractivity contribution in [3.8, 4) is 0 Å². The molecule has 96 valence electrons. The summed E-state index contributed by atoms with van der Waals surface area (Å²) in [6, 6.07) is 20.0. The van der Waals surface area contributed by atoms with Crippen molar-refractivity contribution in [2.24, 2.45) is 0 Å². The van der Waals surface area contributed by atoms with Crippen LogP contribution in [0.2, 0.25) is 0 Å². The van der Waals surface area contributed by atoms with E-state index < -0.39 is 0 Å². The molecule has 18 heavy (non-hydrogen) atoms. The Hall–Kier alpha value is -0.127. The van der Waals surface area contributed by atoms with Gasteiger partial charge in [0.2, 0.25) is 0 Å². The zero-order chi connectivity index (χ0) is 11.3. The van der Waals surface area contributed by atoms with Gasteiger partial charge in [0.1, 0.15) is 0 Å².